The van der Waals surface area contributed by atoms with E-state index in [1.54, 1.807) is 18.0 Å². The van der Waals surface area contributed by atoms with Gasteiger partial charge in [0.2, 0.25) is 0 Å². The fourth-order valence-corrected chi connectivity index (χ4v) is 1.67. The highest BCUT2D eigenvalue weighted by Gasteiger charge is 2.13. The lowest BCUT2D eigenvalue weighted by atomic mass is 10.2. The van der Waals surface area contributed by atoms with Crippen molar-refractivity contribution in [3.8, 4) is 6.07 Å². The third-order valence-electron chi connectivity index (χ3n) is 2.85. The van der Waals surface area contributed by atoms with Gasteiger partial charge in [0.25, 0.3) is 5.91 Å². The molecule has 0 radical (unpaired) electrons. The number of aryl methyl sites for hydroxylation is 1. The van der Waals surface area contributed by atoms with Crippen LogP contribution in [-0.4, -0.2) is 17.9 Å². The van der Waals surface area contributed by atoms with Gasteiger partial charge in [0, 0.05) is 18.9 Å². The van der Waals surface area contributed by atoms with Crippen molar-refractivity contribution in [2.24, 2.45) is 0 Å². The summed E-state index contributed by atoms with van der Waals surface area (Å²) >= 11 is 0. The number of carbonyl (C=O) groups excluding carboxylic acids is 1. The molecule has 0 spiro atoms. The number of nitrogens with zero attached hydrogens (tertiary/aromatic N) is 3. The first kappa shape index (κ1) is 12.8. The predicted molar refractivity (Wildman–Crippen MR) is 72.9 cm³/mol. The van der Waals surface area contributed by atoms with Gasteiger partial charge in [-0.25, -0.2) is 4.98 Å². The van der Waals surface area contributed by atoms with Crippen molar-refractivity contribution >= 4 is 11.6 Å². The van der Waals surface area contributed by atoms with E-state index in [2.05, 4.69) is 4.98 Å². The molecule has 0 atom stereocenters. The Labute approximate surface area is 111 Å². The molecular formula is C15H13N3O. The minimum atomic E-state index is -0.152. The van der Waals surface area contributed by atoms with E-state index in [0.717, 1.165) is 11.3 Å². The third kappa shape index (κ3) is 2.78. The van der Waals surface area contributed by atoms with Crippen molar-refractivity contribution in [1.29, 1.82) is 5.26 Å². The molecule has 0 saturated heterocycles. The van der Waals surface area contributed by atoms with Crippen molar-refractivity contribution in [1.82, 2.24) is 4.98 Å². The Morgan fingerprint density at radius 3 is 2.42 bits per heavy atom. The smallest absolute Gasteiger partial charge is 0.259 e. The molecular weight excluding hydrogens is 238 g/mol. The van der Waals surface area contributed by atoms with Gasteiger partial charge in [0.1, 0.15) is 11.8 Å². The predicted octanol–water partition coefficient (Wildman–Crippen LogP) is 2.54. The van der Waals surface area contributed by atoms with Crippen molar-refractivity contribution in [3.05, 3.63) is 59.4 Å². The Morgan fingerprint density at radius 1 is 1.21 bits per heavy atom. The molecule has 4 heteroatoms. The van der Waals surface area contributed by atoms with Crippen LogP contribution in [0, 0.1) is 18.3 Å². The van der Waals surface area contributed by atoms with Gasteiger partial charge < -0.3 is 4.90 Å². The molecule has 94 valence electrons. The van der Waals surface area contributed by atoms with Gasteiger partial charge >= 0.3 is 0 Å². The number of carbonyl (C=O) groups is 1. The molecule has 0 aliphatic rings. The number of pyridine rings is 1. The van der Waals surface area contributed by atoms with Crippen LogP contribution >= 0.6 is 0 Å². The lowest BCUT2D eigenvalue weighted by Crippen LogP contribution is -2.26. The first-order valence-electron chi connectivity index (χ1n) is 5.82. The van der Waals surface area contributed by atoms with Crippen LogP contribution in [0.15, 0.2) is 42.6 Å². The van der Waals surface area contributed by atoms with Crippen LogP contribution < -0.4 is 4.90 Å². The van der Waals surface area contributed by atoms with Crippen molar-refractivity contribution in [2.75, 3.05) is 11.9 Å². The van der Waals surface area contributed by atoms with Gasteiger partial charge in [0.05, 0.1) is 5.56 Å². The Morgan fingerprint density at radius 2 is 1.89 bits per heavy atom. The number of amides is 1. The summed E-state index contributed by atoms with van der Waals surface area (Å²) in [6, 6.07) is 12.8. The van der Waals surface area contributed by atoms with Crippen molar-refractivity contribution < 1.29 is 4.79 Å². The Hall–Kier alpha value is -2.67. The molecule has 0 unspecified atom stereocenters. The second-order valence-electron chi connectivity index (χ2n) is 4.24. The number of aromatic nitrogens is 1. The Balaban J connectivity index is 2.23. The normalized spacial score (nSPS) is 9.74. The van der Waals surface area contributed by atoms with Gasteiger partial charge in [-0.15, -0.1) is 0 Å². The summed E-state index contributed by atoms with van der Waals surface area (Å²) in [4.78, 5) is 17.7. The average Bonchev–Trinajstić information content (AvgIpc) is 2.46. The van der Waals surface area contributed by atoms with E-state index >= 15 is 0 Å². The van der Waals surface area contributed by atoms with E-state index < -0.39 is 0 Å². The maximum atomic E-state index is 12.2. The number of anilines is 1. The molecule has 4 nitrogen and oxygen atoms in total. The second kappa shape index (κ2) is 5.32. The minimum absolute atomic E-state index is 0.152. The second-order valence-corrected chi connectivity index (χ2v) is 4.24. The van der Waals surface area contributed by atoms with E-state index in [1.165, 1.54) is 12.3 Å². The molecule has 1 amide bonds. The number of hydrogen-bond acceptors (Lipinski definition) is 3. The zero-order valence-corrected chi connectivity index (χ0v) is 10.8. The summed E-state index contributed by atoms with van der Waals surface area (Å²) in [6.45, 7) is 2.00. The zero-order valence-electron chi connectivity index (χ0n) is 10.8. The lowest BCUT2D eigenvalue weighted by molar-refractivity contribution is 0.0992. The molecule has 0 fully saturated rings. The quantitative estimate of drug-likeness (QED) is 0.824. The number of benzene rings is 1. The van der Waals surface area contributed by atoms with Gasteiger partial charge in [-0.2, -0.15) is 5.26 Å². The maximum Gasteiger partial charge on any atom is 0.259 e. The molecule has 19 heavy (non-hydrogen) atoms. The van der Waals surface area contributed by atoms with Crippen molar-refractivity contribution in [3.63, 3.8) is 0 Å². The summed E-state index contributed by atoms with van der Waals surface area (Å²) in [7, 11) is 1.71. The van der Waals surface area contributed by atoms with E-state index in [1.807, 2.05) is 37.3 Å². The summed E-state index contributed by atoms with van der Waals surface area (Å²) in [5, 5.41) is 8.67. The summed E-state index contributed by atoms with van der Waals surface area (Å²) in [5.41, 5.74) is 2.72. The topological polar surface area (TPSA) is 57.0 Å². The zero-order chi connectivity index (χ0) is 13.8. The first-order chi connectivity index (χ1) is 9.11. The molecule has 0 aliphatic carbocycles. The van der Waals surface area contributed by atoms with Crippen LogP contribution in [0.3, 0.4) is 0 Å². The molecule has 0 aliphatic heterocycles. The lowest BCUT2D eigenvalue weighted by Gasteiger charge is -2.17. The third-order valence-corrected chi connectivity index (χ3v) is 2.85. The highest BCUT2D eigenvalue weighted by atomic mass is 16.2. The number of nitriles is 1. The largest absolute Gasteiger partial charge is 0.311 e. The standard InChI is InChI=1S/C15H13N3O/c1-11-3-7-14(8-4-11)18(2)15(19)12-5-6-13(9-16)17-10-12/h3-8,10H,1-2H3. The van der Waals surface area contributed by atoms with Crippen LogP contribution in [-0.2, 0) is 0 Å². The fraction of sp³-hybridized carbons (Fsp3) is 0.133. The molecule has 1 heterocycles. The highest BCUT2D eigenvalue weighted by Crippen LogP contribution is 2.16. The minimum Gasteiger partial charge on any atom is -0.311 e. The summed E-state index contributed by atoms with van der Waals surface area (Å²) in [6.07, 6.45) is 1.42. The molecule has 1 aromatic heterocycles. The summed E-state index contributed by atoms with van der Waals surface area (Å²) < 4.78 is 0. The van der Waals surface area contributed by atoms with E-state index in [-0.39, 0.29) is 5.91 Å². The molecule has 1 aromatic carbocycles. The van der Waals surface area contributed by atoms with E-state index in [4.69, 9.17) is 5.26 Å². The molecule has 2 rings (SSSR count). The molecule has 0 N–H and O–H groups in total. The number of hydrogen-bond donors (Lipinski definition) is 0. The molecule has 2 aromatic rings. The van der Waals surface area contributed by atoms with Gasteiger partial charge in [-0.1, -0.05) is 17.7 Å². The van der Waals surface area contributed by atoms with Crippen LogP contribution in [0.2, 0.25) is 0 Å². The van der Waals surface area contributed by atoms with Crippen LogP contribution in [0.4, 0.5) is 5.69 Å². The fourth-order valence-electron chi connectivity index (χ4n) is 1.67. The van der Waals surface area contributed by atoms with E-state index in [0.29, 0.717) is 11.3 Å². The molecule has 0 saturated carbocycles. The Kier molecular flexibility index (Phi) is 3.58. The van der Waals surface area contributed by atoms with Crippen molar-refractivity contribution in [2.45, 2.75) is 6.92 Å². The monoisotopic (exact) mass is 251 g/mol. The first-order valence-corrected chi connectivity index (χ1v) is 5.82. The Bertz CT molecular complexity index is 624. The SMILES string of the molecule is Cc1ccc(N(C)C(=O)c2ccc(C#N)nc2)cc1. The van der Waals surface area contributed by atoms with Crippen LogP contribution in [0.5, 0.6) is 0 Å². The number of rotatable bonds is 2. The average molecular weight is 251 g/mol. The van der Waals surface area contributed by atoms with Gasteiger partial charge in [0.15, 0.2) is 0 Å². The van der Waals surface area contributed by atoms with E-state index in [9.17, 15) is 4.79 Å². The van der Waals surface area contributed by atoms with Crippen LogP contribution in [0.1, 0.15) is 21.6 Å². The highest BCUT2D eigenvalue weighted by molar-refractivity contribution is 6.05. The van der Waals surface area contributed by atoms with Gasteiger partial charge in [-0.3, -0.25) is 4.79 Å². The van der Waals surface area contributed by atoms with Crippen LogP contribution in [0.25, 0.3) is 0 Å². The van der Waals surface area contributed by atoms with Gasteiger partial charge in [-0.05, 0) is 31.2 Å². The maximum absolute atomic E-state index is 12.2. The molecule has 0 bridgehead atoms. The summed E-state index contributed by atoms with van der Waals surface area (Å²) in [5.74, 6) is -0.152.